The molecule has 2 aliphatic rings. The average molecular weight is 616 g/mol. The Morgan fingerprint density at radius 1 is 0.375 bits per heavy atom. The minimum Gasteiger partial charge on any atom is -0.310 e. The smallest absolute Gasteiger partial charge is 0.0540 e. The lowest BCUT2D eigenvalue weighted by Crippen LogP contribution is -2.23. The summed E-state index contributed by atoms with van der Waals surface area (Å²) >= 11 is 0. The summed E-state index contributed by atoms with van der Waals surface area (Å²) in [7, 11) is 0. The summed E-state index contributed by atoms with van der Waals surface area (Å²) in [6.07, 6.45) is 0. The number of fused-ring (bicyclic) bond motifs is 6. The van der Waals surface area contributed by atoms with E-state index in [9.17, 15) is 0 Å². The van der Waals surface area contributed by atoms with E-state index in [1.165, 1.54) is 61.2 Å². The van der Waals surface area contributed by atoms with Crippen LogP contribution in [0.25, 0.3) is 33.4 Å². The quantitative estimate of drug-likeness (QED) is 0.186. The standard InChI is InChI=1S/C47H37N/c1-46(2)41-23-13-10-21-37(41)39-28-26-34(30-43(39)46)48(45-25-15-12-20-36(45)32-16-6-4-7-17-32)35-27-29-40-38-22-11-14-24-42(38)47(3,44(40)31-35)33-18-8-5-9-19-33/h4-31H,1-3H3. The van der Waals surface area contributed by atoms with Crippen LogP contribution in [0.2, 0.25) is 0 Å². The molecular formula is C47H37N. The summed E-state index contributed by atoms with van der Waals surface area (Å²) in [6.45, 7) is 7.12. The van der Waals surface area contributed by atoms with Gasteiger partial charge in [-0.05, 0) is 92.9 Å². The van der Waals surface area contributed by atoms with E-state index in [0.717, 1.165) is 17.1 Å². The molecule has 230 valence electrons. The molecule has 0 saturated heterocycles. The molecule has 48 heavy (non-hydrogen) atoms. The Bertz CT molecular complexity index is 2330. The van der Waals surface area contributed by atoms with Crippen LogP contribution in [-0.4, -0.2) is 0 Å². The molecule has 0 aromatic heterocycles. The highest BCUT2D eigenvalue weighted by molar-refractivity contribution is 5.92. The molecule has 9 rings (SSSR count). The van der Waals surface area contributed by atoms with Crippen LogP contribution in [0.5, 0.6) is 0 Å². The van der Waals surface area contributed by atoms with E-state index in [4.69, 9.17) is 0 Å². The molecule has 1 heteroatoms. The van der Waals surface area contributed by atoms with Gasteiger partial charge in [0, 0.05) is 27.8 Å². The van der Waals surface area contributed by atoms with E-state index in [1.54, 1.807) is 0 Å². The third kappa shape index (κ3) is 4.10. The second-order valence-corrected chi connectivity index (χ2v) is 13.9. The Hall–Kier alpha value is -5.66. The zero-order valence-electron chi connectivity index (χ0n) is 27.6. The van der Waals surface area contributed by atoms with Gasteiger partial charge in [0.25, 0.3) is 0 Å². The lowest BCUT2D eigenvalue weighted by atomic mass is 9.74. The Labute approximate surface area is 283 Å². The maximum absolute atomic E-state index is 2.48. The fourth-order valence-electron chi connectivity index (χ4n) is 8.49. The molecule has 7 aromatic carbocycles. The van der Waals surface area contributed by atoms with E-state index in [1.807, 2.05) is 0 Å². The number of benzene rings is 7. The Morgan fingerprint density at radius 2 is 0.854 bits per heavy atom. The van der Waals surface area contributed by atoms with E-state index in [0.29, 0.717) is 0 Å². The summed E-state index contributed by atoms with van der Waals surface area (Å²) in [5.74, 6) is 0. The predicted molar refractivity (Wildman–Crippen MR) is 202 cm³/mol. The SMILES string of the molecule is CC1(C)c2ccccc2-c2ccc(N(c3ccc4c(c3)C(C)(c3ccccc3)c3ccccc3-4)c3ccccc3-c3ccccc3)cc21. The van der Waals surface area contributed by atoms with Crippen molar-refractivity contribution in [2.24, 2.45) is 0 Å². The minimum atomic E-state index is -0.282. The highest BCUT2D eigenvalue weighted by atomic mass is 15.1. The van der Waals surface area contributed by atoms with Gasteiger partial charge in [0.1, 0.15) is 0 Å². The fraction of sp³-hybridized carbons (Fsp3) is 0.106. The maximum atomic E-state index is 2.48. The molecule has 0 aliphatic heterocycles. The monoisotopic (exact) mass is 615 g/mol. The number of rotatable bonds is 5. The summed E-state index contributed by atoms with van der Waals surface area (Å²) in [5, 5.41) is 0. The molecule has 0 heterocycles. The zero-order chi connectivity index (χ0) is 32.5. The van der Waals surface area contributed by atoms with Crippen LogP contribution in [0.15, 0.2) is 170 Å². The highest BCUT2D eigenvalue weighted by Gasteiger charge is 2.41. The molecule has 0 radical (unpaired) electrons. The number of hydrogen-bond acceptors (Lipinski definition) is 1. The number of anilines is 3. The Morgan fingerprint density at radius 3 is 1.54 bits per heavy atom. The zero-order valence-corrected chi connectivity index (χ0v) is 27.6. The van der Waals surface area contributed by atoms with E-state index < -0.39 is 0 Å². The van der Waals surface area contributed by atoms with Gasteiger partial charge in [-0.3, -0.25) is 0 Å². The molecule has 0 amide bonds. The van der Waals surface area contributed by atoms with Crippen LogP contribution in [-0.2, 0) is 10.8 Å². The van der Waals surface area contributed by atoms with Gasteiger partial charge in [-0.15, -0.1) is 0 Å². The molecule has 0 fully saturated rings. The highest BCUT2D eigenvalue weighted by Crippen LogP contribution is 2.55. The molecule has 1 unspecified atom stereocenters. The van der Waals surface area contributed by atoms with Crippen LogP contribution in [0.3, 0.4) is 0 Å². The molecule has 1 nitrogen and oxygen atoms in total. The summed E-state index contributed by atoms with van der Waals surface area (Å²) in [5.41, 5.74) is 17.6. The normalized spacial score (nSPS) is 16.5. The van der Waals surface area contributed by atoms with Gasteiger partial charge in [-0.1, -0.05) is 153 Å². The molecule has 0 N–H and O–H groups in total. The van der Waals surface area contributed by atoms with E-state index in [2.05, 4.69) is 196 Å². The molecule has 1 atom stereocenters. The molecule has 0 spiro atoms. The van der Waals surface area contributed by atoms with Crippen molar-refractivity contribution < 1.29 is 0 Å². The van der Waals surface area contributed by atoms with Crippen LogP contribution in [0.4, 0.5) is 17.1 Å². The first-order valence-corrected chi connectivity index (χ1v) is 17.0. The summed E-state index contributed by atoms with van der Waals surface area (Å²) < 4.78 is 0. The molecule has 2 aliphatic carbocycles. The van der Waals surface area contributed by atoms with Crippen LogP contribution in [0.1, 0.15) is 48.6 Å². The number of nitrogens with zero attached hydrogens (tertiary/aromatic N) is 1. The maximum Gasteiger partial charge on any atom is 0.0540 e. The largest absolute Gasteiger partial charge is 0.310 e. The lowest BCUT2D eigenvalue weighted by molar-refractivity contribution is 0.660. The van der Waals surface area contributed by atoms with Crippen molar-refractivity contribution in [2.75, 3.05) is 4.90 Å². The van der Waals surface area contributed by atoms with Crippen LogP contribution < -0.4 is 4.90 Å². The van der Waals surface area contributed by atoms with E-state index in [-0.39, 0.29) is 10.8 Å². The van der Waals surface area contributed by atoms with Crippen molar-refractivity contribution in [1.82, 2.24) is 0 Å². The van der Waals surface area contributed by atoms with Crippen molar-refractivity contribution in [3.8, 4) is 33.4 Å². The average Bonchev–Trinajstić information content (AvgIpc) is 3.54. The third-order valence-electron chi connectivity index (χ3n) is 11.0. The van der Waals surface area contributed by atoms with Gasteiger partial charge >= 0.3 is 0 Å². The topological polar surface area (TPSA) is 3.24 Å². The first-order valence-electron chi connectivity index (χ1n) is 17.0. The van der Waals surface area contributed by atoms with Gasteiger partial charge in [0.05, 0.1) is 5.69 Å². The van der Waals surface area contributed by atoms with Crippen molar-refractivity contribution in [3.63, 3.8) is 0 Å². The lowest BCUT2D eigenvalue weighted by Gasteiger charge is -2.32. The summed E-state index contributed by atoms with van der Waals surface area (Å²) in [4.78, 5) is 2.48. The molecule has 0 bridgehead atoms. The van der Waals surface area contributed by atoms with Crippen molar-refractivity contribution in [3.05, 3.63) is 198 Å². The Balaban J connectivity index is 1.30. The van der Waals surface area contributed by atoms with Crippen molar-refractivity contribution >= 4 is 17.1 Å². The van der Waals surface area contributed by atoms with Crippen molar-refractivity contribution in [2.45, 2.75) is 31.6 Å². The first-order chi connectivity index (χ1) is 23.5. The molecule has 0 saturated carbocycles. The molecular weight excluding hydrogens is 579 g/mol. The Kier molecular flexibility index (Phi) is 6.36. The van der Waals surface area contributed by atoms with Gasteiger partial charge in [0.15, 0.2) is 0 Å². The second kappa shape index (κ2) is 10.7. The van der Waals surface area contributed by atoms with Gasteiger partial charge in [-0.2, -0.15) is 0 Å². The van der Waals surface area contributed by atoms with Gasteiger partial charge in [0.2, 0.25) is 0 Å². The van der Waals surface area contributed by atoms with Crippen molar-refractivity contribution in [1.29, 1.82) is 0 Å². The molecule has 7 aromatic rings. The van der Waals surface area contributed by atoms with Gasteiger partial charge in [-0.25, -0.2) is 0 Å². The third-order valence-corrected chi connectivity index (χ3v) is 11.0. The minimum absolute atomic E-state index is 0.0992. The first kappa shape index (κ1) is 28.6. The predicted octanol–water partition coefficient (Wildman–Crippen LogP) is 12.5. The number of hydrogen-bond donors (Lipinski definition) is 0. The van der Waals surface area contributed by atoms with Crippen LogP contribution >= 0.6 is 0 Å². The van der Waals surface area contributed by atoms with E-state index >= 15 is 0 Å². The van der Waals surface area contributed by atoms with Gasteiger partial charge < -0.3 is 4.90 Å². The second-order valence-electron chi connectivity index (χ2n) is 13.9. The number of para-hydroxylation sites is 1. The summed E-state index contributed by atoms with van der Waals surface area (Å²) in [6, 6.07) is 62.7. The fourth-order valence-corrected chi connectivity index (χ4v) is 8.49. The van der Waals surface area contributed by atoms with Crippen LogP contribution in [0, 0.1) is 0 Å².